The van der Waals surface area contributed by atoms with E-state index < -0.39 is 5.97 Å². The first-order chi connectivity index (χ1) is 10.6. The highest BCUT2D eigenvalue weighted by atomic mass is 35.5. The quantitative estimate of drug-likeness (QED) is 0.877. The van der Waals surface area contributed by atoms with Crippen LogP contribution in [0.25, 0.3) is 0 Å². The van der Waals surface area contributed by atoms with Crippen molar-refractivity contribution in [1.82, 2.24) is 0 Å². The highest BCUT2D eigenvalue weighted by molar-refractivity contribution is 6.33. The number of carbonyl (C=O) groups is 2. The summed E-state index contributed by atoms with van der Waals surface area (Å²) in [6.07, 6.45) is 0. The molecule has 2 aromatic rings. The molecular weight excluding hydrogens is 306 g/mol. The molecule has 0 unspecified atom stereocenters. The zero-order chi connectivity index (χ0) is 16.1. The van der Waals surface area contributed by atoms with Gasteiger partial charge < -0.3 is 14.8 Å². The maximum Gasteiger partial charge on any atom is 0.339 e. The van der Waals surface area contributed by atoms with E-state index in [2.05, 4.69) is 10.1 Å². The summed E-state index contributed by atoms with van der Waals surface area (Å²) in [5.74, 6) is -0.462. The van der Waals surface area contributed by atoms with E-state index in [1.807, 2.05) is 0 Å². The van der Waals surface area contributed by atoms with Gasteiger partial charge in [-0.3, -0.25) is 4.79 Å². The van der Waals surface area contributed by atoms with Crippen molar-refractivity contribution in [3.63, 3.8) is 0 Å². The van der Waals surface area contributed by atoms with Crippen LogP contribution in [0.5, 0.6) is 5.75 Å². The van der Waals surface area contributed by atoms with Crippen LogP contribution in [0.3, 0.4) is 0 Å². The van der Waals surface area contributed by atoms with Gasteiger partial charge in [0.2, 0.25) is 0 Å². The Morgan fingerprint density at radius 1 is 1.05 bits per heavy atom. The summed E-state index contributed by atoms with van der Waals surface area (Å²) in [6.45, 7) is 0. The summed E-state index contributed by atoms with van der Waals surface area (Å²) in [5.41, 5.74) is 1.00. The third-order valence-corrected chi connectivity index (χ3v) is 3.31. The molecule has 114 valence electrons. The topological polar surface area (TPSA) is 64.6 Å². The summed E-state index contributed by atoms with van der Waals surface area (Å²) in [4.78, 5) is 23.9. The smallest absolute Gasteiger partial charge is 0.339 e. The largest absolute Gasteiger partial charge is 0.496 e. The van der Waals surface area contributed by atoms with Gasteiger partial charge in [0.1, 0.15) is 5.75 Å². The zero-order valence-corrected chi connectivity index (χ0v) is 12.8. The molecule has 5 nitrogen and oxygen atoms in total. The van der Waals surface area contributed by atoms with Gasteiger partial charge in [-0.25, -0.2) is 4.79 Å². The van der Waals surface area contributed by atoms with Crippen molar-refractivity contribution in [1.29, 1.82) is 0 Å². The number of methoxy groups -OCH3 is 2. The van der Waals surface area contributed by atoms with Crippen molar-refractivity contribution in [2.24, 2.45) is 0 Å². The first-order valence-corrected chi connectivity index (χ1v) is 6.77. The van der Waals surface area contributed by atoms with Gasteiger partial charge in [0.05, 0.1) is 30.4 Å². The number of carbonyl (C=O) groups excluding carboxylic acids is 2. The monoisotopic (exact) mass is 319 g/mol. The number of nitrogens with one attached hydrogen (secondary N) is 1. The minimum atomic E-state index is -0.571. The van der Waals surface area contributed by atoms with Gasteiger partial charge in [-0.15, -0.1) is 0 Å². The Bertz CT molecular complexity index is 715. The van der Waals surface area contributed by atoms with Crippen LogP contribution >= 0.6 is 11.6 Å². The molecule has 0 aliphatic heterocycles. The van der Waals surface area contributed by atoms with Crippen LogP contribution in [-0.4, -0.2) is 26.1 Å². The molecule has 0 spiro atoms. The number of ether oxygens (including phenoxy) is 2. The third kappa shape index (κ3) is 3.38. The molecule has 0 atom stereocenters. The SMILES string of the molecule is COC(=O)c1cc(NC(=O)c2ccccc2OC)ccc1Cl. The number of hydrogen-bond acceptors (Lipinski definition) is 4. The van der Waals surface area contributed by atoms with Gasteiger partial charge in [0, 0.05) is 5.69 Å². The highest BCUT2D eigenvalue weighted by Crippen LogP contribution is 2.23. The number of hydrogen-bond donors (Lipinski definition) is 1. The lowest BCUT2D eigenvalue weighted by Crippen LogP contribution is -2.14. The second-order valence-electron chi connectivity index (χ2n) is 4.34. The van der Waals surface area contributed by atoms with Crippen LogP contribution in [0.2, 0.25) is 5.02 Å². The van der Waals surface area contributed by atoms with E-state index in [4.69, 9.17) is 16.3 Å². The number of para-hydroxylation sites is 1. The molecule has 1 amide bonds. The maximum atomic E-state index is 12.3. The van der Waals surface area contributed by atoms with E-state index in [0.717, 1.165) is 0 Å². The van der Waals surface area contributed by atoms with Gasteiger partial charge in [-0.1, -0.05) is 23.7 Å². The first kappa shape index (κ1) is 15.9. The standard InChI is InChI=1S/C16H14ClNO4/c1-21-14-6-4-3-5-11(14)15(19)18-10-7-8-13(17)12(9-10)16(20)22-2/h3-9H,1-2H3,(H,18,19). The predicted molar refractivity (Wildman–Crippen MR) is 83.7 cm³/mol. The van der Waals surface area contributed by atoms with E-state index in [9.17, 15) is 9.59 Å². The van der Waals surface area contributed by atoms with Gasteiger partial charge in [0.25, 0.3) is 5.91 Å². The Kier molecular flexibility index (Phi) is 5.01. The normalized spacial score (nSPS) is 9.95. The van der Waals surface area contributed by atoms with E-state index in [0.29, 0.717) is 17.0 Å². The van der Waals surface area contributed by atoms with E-state index in [-0.39, 0.29) is 16.5 Å². The Labute approximate surface area is 132 Å². The molecule has 0 radical (unpaired) electrons. The van der Waals surface area contributed by atoms with Crippen LogP contribution in [0.15, 0.2) is 42.5 Å². The fourth-order valence-electron chi connectivity index (χ4n) is 1.90. The first-order valence-electron chi connectivity index (χ1n) is 6.39. The molecule has 2 rings (SSSR count). The second kappa shape index (κ2) is 6.95. The minimum Gasteiger partial charge on any atom is -0.496 e. The Hall–Kier alpha value is -2.53. The lowest BCUT2D eigenvalue weighted by Gasteiger charge is -2.10. The lowest BCUT2D eigenvalue weighted by molar-refractivity contribution is 0.0600. The molecule has 1 N–H and O–H groups in total. The average Bonchev–Trinajstić information content (AvgIpc) is 2.55. The molecule has 0 bridgehead atoms. The molecule has 0 saturated carbocycles. The van der Waals surface area contributed by atoms with Gasteiger partial charge in [-0.05, 0) is 30.3 Å². The van der Waals surface area contributed by atoms with Crippen molar-refractivity contribution >= 4 is 29.2 Å². The Morgan fingerprint density at radius 2 is 1.77 bits per heavy atom. The number of rotatable bonds is 4. The summed E-state index contributed by atoms with van der Waals surface area (Å²) < 4.78 is 9.79. The van der Waals surface area contributed by atoms with Crippen LogP contribution in [0, 0.1) is 0 Å². The van der Waals surface area contributed by atoms with Crippen LogP contribution in [-0.2, 0) is 4.74 Å². The van der Waals surface area contributed by atoms with Crippen LogP contribution in [0.1, 0.15) is 20.7 Å². The highest BCUT2D eigenvalue weighted by Gasteiger charge is 2.15. The summed E-state index contributed by atoms with van der Waals surface area (Å²) in [7, 11) is 2.75. The number of anilines is 1. The molecule has 0 aliphatic carbocycles. The number of amides is 1. The minimum absolute atomic E-state index is 0.182. The van der Waals surface area contributed by atoms with Crippen molar-refractivity contribution in [2.75, 3.05) is 19.5 Å². The molecule has 0 aromatic heterocycles. The fourth-order valence-corrected chi connectivity index (χ4v) is 2.09. The maximum absolute atomic E-state index is 12.3. The van der Waals surface area contributed by atoms with Crippen molar-refractivity contribution in [3.8, 4) is 5.75 Å². The molecule has 6 heteroatoms. The Balaban J connectivity index is 2.27. The number of halogens is 1. The Morgan fingerprint density at radius 3 is 2.45 bits per heavy atom. The molecule has 22 heavy (non-hydrogen) atoms. The van der Waals surface area contributed by atoms with E-state index in [1.165, 1.54) is 26.4 Å². The number of esters is 1. The molecule has 0 aliphatic rings. The zero-order valence-electron chi connectivity index (χ0n) is 12.1. The van der Waals surface area contributed by atoms with Crippen LogP contribution < -0.4 is 10.1 Å². The fraction of sp³-hybridized carbons (Fsp3) is 0.125. The molecule has 0 heterocycles. The average molecular weight is 320 g/mol. The number of benzene rings is 2. The van der Waals surface area contributed by atoms with Crippen molar-refractivity contribution in [2.45, 2.75) is 0 Å². The van der Waals surface area contributed by atoms with Crippen molar-refractivity contribution < 1.29 is 19.1 Å². The van der Waals surface area contributed by atoms with Gasteiger partial charge >= 0.3 is 5.97 Å². The predicted octanol–water partition coefficient (Wildman–Crippen LogP) is 3.39. The molecule has 2 aromatic carbocycles. The van der Waals surface area contributed by atoms with Crippen molar-refractivity contribution in [3.05, 3.63) is 58.6 Å². The van der Waals surface area contributed by atoms with Crippen LogP contribution in [0.4, 0.5) is 5.69 Å². The van der Waals surface area contributed by atoms with Gasteiger partial charge in [-0.2, -0.15) is 0 Å². The molecular formula is C16H14ClNO4. The third-order valence-electron chi connectivity index (χ3n) is 2.98. The van der Waals surface area contributed by atoms with Gasteiger partial charge in [0.15, 0.2) is 0 Å². The summed E-state index contributed by atoms with van der Waals surface area (Å²) in [6, 6.07) is 11.4. The second-order valence-corrected chi connectivity index (χ2v) is 4.75. The summed E-state index contributed by atoms with van der Waals surface area (Å²) >= 11 is 5.94. The summed E-state index contributed by atoms with van der Waals surface area (Å²) in [5, 5.41) is 2.95. The molecule has 0 fully saturated rings. The molecule has 0 saturated heterocycles. The van der Waals surface area contributed by atoms with E-state index >= 15 is 0 Å². The van der Waals surface area contributed by atoms with E-state index in [1.54, 1.807) is 30.3 Å². The lowest BCUT2D eigenvalue weighted by atomic mass is 10.1.